The van der Waals surface area contributed by atoms with Gasteiger partial charge in [-0.25, -0.2) is 9.97 Å². The summed E-state index contributed by atoms with van der Waals surface area (Å²) in [6.07, 6.45) is 7.42. The molecule has 1 atom stereocenters. The highest BCUT2D eigenvalue weighted by Crippen LogP contribution is 2.16. The molecule has 96 valence electrons. The first-order chi connectivity index (χ1) is 8.69. The van der Waals surface area contributed by atoms with Gasteiger partial charge in [0.2, 0.25) is 0 Å². The topological polar surface area (TPSA) is 81.7 Å². The second kappa shape index (κ2) is 5.70. The standard InChI is InChI=1S/C12H18N6/c1-9-14-6-5-11(16-9)12(17-13)4-3-10-7-15-18(2)8-10/h5-8,12,17H,3-4,13H2,1-2H3. The molecule has 6 heteroatoms. The van der Waals surface area contributed by atoms with Gasteiger partial charge in [0.25, 0.3) is 0 Å². The minimum Gasteiger partial charge on any atom is -0.276 e. The number of nitrogens with zero attached hydrogens (tertiary/aromatic N) is 4. The van der Waals surface area contributed by atoms with Crippen molar-refractivity contribution in [2.24, 2.45) is 12.9 Å². The van der Waals surface area contributed by atoms with Crippen LogP contribution < -0.4 is 11.3 Å². The number of hydrogen-bond acceptors (Lipinski definition) is 5. The first-order valence-corrected chi connectivity index (χ1v) is 5.92. The van der Waals surface area contributed by atoms with E-state index in [0.29, 0.717) is 0 Å². The van der Waals surface area contributed by atoms with Crippen LogP contribution in [0.25, 0.3) is 0 Å². The van der Waals surface area contributed by atoms with Crippen LogP contribution in [0.5, 0.6) is 0 Å². The van der Waals surface area contributed by atoms with Gasteiger partial charge in [0, 0.05) is 19.4 Å². The summed E-state index contributed by atoms with van der Waals surface area (Å²) in [7, 11) is 1.91. The Labute approximate surface area is 106 Å². The predicted octanol–water partition coefficient (Wildman–Crippen LogP) is 0.656. The predicted molar refractivity (Wildman–Crippen MR) is 68.4 cm³/mol. The van der Waals surface area contributed by atoms with Crippen molar-refractivity contribution in [3.63, 3.8) is 0 Å². The maximum Gasteiger partial charge on any atom is 0.125 e. The van der Waals surface area contributed by atoms with Gasteiger partial charge in [-0.05, 0) is 31.4 Å². The summed E-state index contributed by atoms with van der Waals surface area (Å²) in [6, 6.07) is 1.92. The van der Waals surface area contributed by atoms with Gasteiger partial charge in [-0.3, -0.25) is 16.0 Å². The van der Waals surface area contributed by atoms with Gasteiger partial charge in [-0.1, -0.05) is 0 Å². The molecule has 18 heavy (non-hydrogen) atoms. The minimum absolute atomic E-state index is 0.0342. The number of aryl methyl sites for hydroxylation is 3. The summed E-state index contributed by atoms with van der Waals surface area (Å²) >= 11 is 0. The third kappa shape index (κ3) is 3.12. The zero-order valence-corrected chi connectivity index (χ0v) is 10.7. The molecule has 2 rings (SSSR count). The fourth-order valence-electron chi connectivity index (χ4n) is 1.90. The van der Waals surface area contributed by atoms with Crippen molar-refractivity contribution in [2.45, 2.75) is 25.8 Å². The maximum absolute atomic E-state index is 5.59. The van der Waals surface area contributed by atoms with Crippen molar-refractivity contribution in [3.05, 3.63) is 41.7 Å². The number of rotatable bonds is 5. The van der Waals surface area contributed by atoms with Crippen molar-refractivity contribution in [1.82, 2.24) is 25.2 Å². The first kappa shape index (κ1) is 12.7. The molecule has 0 saturated heterocycles. The van der Waals surface area contributed by atoms with Crippen molar-refractivity contribution >= 4 is 0 Å². The SMILES string of the molecule is Cc1nccc(C(CCc2cnn(C)c2)NN)n1. The Morgan fingerprint density at radius 2 is 2.33 bits per heavy atom. The average molecular weight is 246 g/mol. The van der Waals surface area contributed by atoms with E-state index in [2.05, 4.69) is 20.5 Å². The quantitative estimate of drug-likeness (QED) is 0.598. The van der Waals surface area contributed by atoms with Crippen LogP contribution in [0.15, 0.2) is 24.7 Å². The Hall–Kier alpha value is -1.79. The van der Waals surface area contributed by atoms with Crippen LogP contribution in [0.2, 0.25) is 0 Å². The molecule has 0 saturated carbocycles. The monoisotopic (exact) mass is 246 g/mol. The molecule has 0 amide bonds. The van der Waals surface area contributed by atoms with Crippen molar-refractivity contribution in [3.8, 4) is 0 Å². The van der Waals surface area contributed by atoms with E-state index in [9.17, 15) is 0 Å². The van der Waals surface area contributed by atoms with Crippen LogP contribution in [0.3, 0.4) is 0 Å². The van der Waals surface area contributed by atoms with Gasteiger partial charge in [-0.2, -0.15) is 5.10 Å². The molecule has 2 heterocycles. The van der Waals surface area contributed by atoms with Crippen molar-refractivity contribution < 1.29 is 0 Å². The zero-order chi connectivity index (χ0) is 13.0. The third-order valence-electron chi connectivity index (χ3n) is 2.84. The van der Waals surface area contributed by atoms with E-state index in [-0.39, 0.29) is 6.04 Å². The van der Waals surface area contributed by atoms with Gasteiger partial charge >= 0.3 is 0 Å². The summed E-state index contributed by atoms with van der Waals surface area (Å²) in [4.78, 5) is 8.47. The van der Waals surface area contributed by atoms with Crippen LogP contribution in [0, 0.1) is 6.92 Å². The molecule has 0 aliphatic heterocycles. The van der Waals surface area contributed by atoms with Gasteiger partial charge in [0.15, 0.2) is 0 Å². The molecule has 0 aliphatic rings. The number of nitrogens with one attached hydrogen (secondary N) is 1. The van der Waals surface area contributed by atoms with E-state index in [1.54, 1.807) is 10.9 Å². The lowest BCUT2D eigenvalue weighted by Gasteiger charge is -2.14. The Balaban J connectivity index is 2.01. The van der Waals surface area contributed by atoms with Crippen LogP contribution in [-0.4, -0.2) is 19.7 Å². The highest BCUT2D eigenvalue weighted by molar-refractivity contribution is 5.09. The number of aromatic nitrogens is 4. The summed E-state index contributed by atoms with van der Waals surface area (Å²) < 4.78 is 1.80. The molecule has 0 bridgehead atoms. The summed E-state index contributed by atoms with van der Waals surface area (Å²) in [5, 5.41) is 4.15. The summed E-state index contributed by atoms with van der Waals surface area (Å²) in [6.45, 7) is 1.87. The van der Waals surface area contributed by atoms with Crippen LogP contribution in [0.1, 0.15) is 29.5 Å². The Bertz CT molecular complexity index is 507. The molecule has 2 aromatic heterocycles. The second-order valence-electron chi connectivity index (χ2n) is 4.31. The first-order valence-electron chi connectivity index (χ1n) is 5.92. The Morgan fingerprint density at radius 1 is 1.50 bits per heavy atom. The molecule has 1 unspecified atom stereocenters. The third-order valence-corrected chi connectivity index (χ3v) is 2.84. The Morgan fingerprint density at radius 3 is 2.94 bits per heavy atom. The molecule has 0 aliphatic carbocycles. The van der Waals surface area contributed by atoms with E-state index in [1.165, 1.54) is 5.56 Å². The molecule has 6 nitrogen and oxygen atoms in total. The normalized spacial score (nSPS) is 12.6. The highest BCUT2D eigenvalue weighted by Gasteiger charge is 2.12. The summed E-state index contributed by atoms with van der Waals surface area (Å²) in [5.41, 5.74) is 4.93. The van der Waals surface area contributed by atoms with Crippen LogP contribution in [-0.2, 0) is 13.5 Å². The molecule has 2 aromatic rings. The fourth-order valence-corrected chi connectivity index (χ4v) is 1.90. The minimum atomic E-state index is 0.0342. The van der Waals surface area contributed by atoms with Gasteiger partial charge in [0.05, 0.1) is 17.9 Å². The van der Waals surface area contributed by atoms with Crippen molar-refractivity contribution in [2.75, 3.05) is 0 Å². The van der Waals surface area contributed by atoms with Crippen molar-refractivity contribution in [1.29, 1.82) is 0 Å². The lowest BCUT2D eigenvalue weighted by atomic mass is 10.1. The molecule has 0 radical (unpaired) electrons. The number of hydrazine groups is 1. The second-order valence-corrected chi connectivity index (χ2v) is 4.31. The van der Waals surface area contributed by atoms with Crippen LogP contribution in [0.4, 0.5) is 0 Å². The van der Waals surface area contributed by atoms with Gasteiger partial charge < -0.3 is 0 Å². The van der Waals surface area contributed by atoms with E-state index in [1.807, 2.05) is 32.4 Å². The Kier molecular flexibility index (Phi) is 4.01. The van der Waals surface area contributed by atoms with Gasteiger partial charge in [-0.15, -0.1) is 0 Å². The highest BCUT2D eigenvalue weighted by atomic mass is 15.2. The zero-order valence-electron chi connectivity index (χ0n) is 10.7. The lowest BCUT2D eigenvalue weighted by molar-refractivity contribution is 0.502. The molecule has 0 aromatic carbocycles. The molecule has 3 N–H and O–H groups in total. The number of hydrogen-bond donors (Lipinski definition) is 2. The van der Waals surface area contributed by atoms with E-state index in [4.69, 9.17) is 5.84 Å². The fraction of sp³-hybridized carbons (Fsp3) is 0.417. The van der Waals surface area contributed by atoms with E-state index >= 15 is 0 Å². The number of nitrogens with two attached hydrogens (primary N) is 1. The summed E-state index contributed by atoms with van der Waals surface area (Å²) in [5.74, 6) is 6.35. The molecular formula is C12H18N6. The van der Waals surface area contributed by atoms with E-state index < -0.39 is 0 Å². The maximum atomic E-state index is 5.59. The van der Waals surface area contributed by atoms with Gasteiger partial charge in [0.1, 0.15) is 5.82 Å². The molecular weight excluding hydrogens is 228 g/mol. The van der Waals surface area contributed by atoms with E-state index in [0.717, 1.165) is 24.4 Å². The smallest absolute Gasteiger partial charge is 0.125 e. The molecule has 0 spiro atoms. The average Bonchev–Trinajstić information content (AvgIpc) is 2.76. The lowest BCUT2D eigenvalue weighted by Crippen LogP contribution is -2.29. The largest absolute Gasteiger partial charge is 0.276 e. The molecule has 0 fully saturated rings. The van der Waals surface area contributed by atoms with Crippen LogP contribution >= 0.6 is 0 Å².